The summed E-state index contributed by atoms with van der Waals surface area (Å²) in [5, 5.41) is 14.2. The summed E-state index contributed by atoms with van der Waals surface area (Å²) in [5.74, 6) is 0.759. The molecule has 11 heteroatoms. The number of ether oxygens (including phenoxy) is 1. The van der Waals surface area contributed by atoms with Crippen LogP contribution in [0.4, 0.5) is 0 Å². The number of fused-ring (bicyclic) bond motifs is 1. The van der Waals surface area contributed by atoms with Crippen molar-refractivity contribution in [3.63, 3.8) is 0 Å². The van der Waals surface area contributed by atoms with Crippen LogP contribution in [0.2, 0.25) is 10.0 Å². The van der Waals surface area contributed by atoms with Crippen molar-refractivity contribution in [1.82, 2.24) is 31.2 Å². The summed E-state index contributed by atoms with van der Waals surface area (Å²) < 4.78 is 5.66. The van der Waals surface area contributed by atoms with Crippen LogP contribution < -0.4 is 26.0 Å². The van der Waals surface area contributed by atoms with Gasteiger partial charge >= 0.3 is 0 Å². The first-order valence-corrected chi connectivity index (χ1v) is 17.8. The number of halogens is 2. The Kier molecular flexibility index (Phi) is 10.1. The molecule has 0 unspecified atom stereocenters. The quantitative estimate of drug-likeness (QED) is 0.143. The van der Waals surface area contributed by atoms with Gasteiger partial charge in [-0.2, -0.15) is 0 Å². The van der Waals surface area contributed by atoms with Gasteiger partial charge in [-0.15, -0.1) is 0 Å². The molecule has 2 amide bonds. The van der Waals surface area contributed by atoms with Crippen LogP contribution in [-0.4, -0.2) is 54.1 Å². The fourth-order valence-electron chi connectivity index (χ4n) is 7.15. The van der Waals surface area contributed by atoms with E-state index >= 15 is 0 Å². The van der Waals surface area contributed by atoms with Gasteiger partial charge in [0.1, 0.15) is 0 Å². The molecule has 4 aromatic rings. The molecule has 2 fully saturated rings. The van der Waals surface area contributed by atoms with E-state index in [9.17, 15) is 9.59 Å². The first kappa shape index (κ1) is 33.5. The molecular formula is C38H40Cl2N6O3. The Morgan fingerprint density at radius 3 is 2.00 bits per heavy atom. The number of carbonyl (C=O) groups excluding carboxylic acids is 2. The van der Waals surface area contributed by atoms with Crippen molar-refractivity contribution in [3.05, 3.63) is 87.5 Å². The number of methoxy groups -OCH3 is 1. The fourth-order valence-corrected chi connectivity index (χ4v) is 7.80. The molecule has 3 aliphatic rings. The number of carbonyl (C=O) groups is 2. The van der Waals surface area contributed by atoms with Gasteiger partial charge in [-0.1, -0.05) is 71.7 Å². The third kappa shape index (κ3) is 7.31. The van der Waals surface area contributed by atoms with Gasteiger partial charge in [-0.25, -0.2) is 4.98 Å². The number of aromatic nitrogens is 2. The third-order valence-corrected chi connectivity index (χ3v) is 10.6. The minimum Gasteiger partial charge on any atom is -0.481 e. The van der Waals surface area contributed by atoms with Crippen LogP contribution in [-0.2, 0) is 22.6 Å². The van der Waals surface area contributed by atoms with Crippen LogP contribution >= 0.6 is 23.2 Å². The van der Waals surface area contributed by atoms with Crippen LogP contribution in [0.1, 0.15) is 61.4 Å². The second-order valence-corrected chi connectivity index (χ2v) is 13.8. The van der Waals surface area contributed by atoms with Gasteiger partial charge in [0, 0.05) is 84.1 Å². The summed E-state index contributed by atoms with van der Waals surface area (Å²) in [6.45, 7) is 2.01. The maximum atomic E-state index is 11.6. The summed E-state index contributed by atoms with van der Waals surface area (Å²) >= 11 is 14.3. The number of benzene rings is 2. The molecule has 3 atom stereocenters. The van der Waals surface area contributed by atoms with E-state index in [1.165, 1.54) is 5.56 Å². The predicted octanol–water partition coefficient (Wildman–Crippen LogP) is 6.41. The van der Waals surface area contributed by atoms with Gasteiger partial charge < -0.3 is 26.0 Å². The highest BCUT2D eigenvalue weighted by Crippen LogP contribution is 2.42. The highest BCUT2D eigenvalue weighted by Gasteiger charge is 2.26. The van der Waals surface area contributed by atoms with Gasteiger partial charge in [-0.05, 0) is 49.8 Å². The average Bonchev–Trinajstić information content (AvgIpc) is 3.74. The molecule has 4 heterocycles. The summed E-state index contributed by atoms with van der Waals surface area (Å²) in [4.78, 5) is 33.1. The Balaban J connectivity index is 1.10. The molecule has 2 aromatic carbocycles. The number of nitrogens with zero attached hydrogens (tertiary/aromatic N) is 2. The monoisotopic (exact) mass is 698 g/mol. The lowest BCUT2D eigenvalue weighted by atomic mass is 9.90. The van der Waals surface area contributed by atoms with Crippen LogP contribution in [0.5, 0.6) is 5.88 Å². The minimum atomic E-state index is 0.105. The summed E-state index contributed by atoms with van der Waals surface area (Å²) in [7, 11) is 1.61. The molecule has 4 N–H and O–H groups in total. The molecule has 9 nitrogen and oxygen atoms in total. The van der Waals surface area contributed by atoms with E-state index in [4.69, 9.17) is 37.9 Å². The molecule has 254 valence electrons. The molecule has 2 saturated heterocycles. The maximum Gasteiger partial charge on any atom is 0.220 e. The SMILES string of the molecule is COc1nc(-c2cccc(-c3cccc(-c4ccc5c(n4)CCC[C@H]5NC[C@@H]4CCC(=O)N4)c3Cl)c2Cl)ccc1CNC[C@H]1CCC(=O)N1. The Morgan fingerprint density at radius 1 is 0.755 bits per heavy atom. The number of pyridine rings is 2. The highest BCUT2D eigenvalue weighted by atomic mass is 35.5. The van der Waals surface area contributed by atoms with Crippen molar-refractivity contribution in [2.75, 3.05) is 20.2 Å². The van der Waals surface area contributed by atoms with E-state index in [0.29, 0.717) is 47.6 Å². The number of rotatable bonds is 11. The number of hydrogen-bond acceptors (Lipinski definition) is 7. The molecule has 2 aromatic heterocycles. The zero-order valence-electron chi connectivity index (χ0n) is 27.5. The number of aryl methyl sites for hydroxylation is 1. The van der Waals surface area contributed by atoms with Gasteiger partial charge in [0.2, 0.25) is 17.7 Å². The molecule has 1 aliphatic carbocycles. The predicted molar refractivity (Wildman–Crippen MR) is 193 cm³/mol. The second kappa shape index (κ2) is 14.8. The first-order valence-electron chi connectivity index (χ1n) is 17.0. The first-order chi connectivity index (χ1) is 23.9. The van der Waals surface area contributed by atoms with Crippen LogP contribution in [0.3, 0.4) is 0 Å². The van der Waals surface area contributed by atoms with Gasteiger partial charge in [0.15, 0.2) is 0 Å². The Labute approximate surface area is 296 Å². The lowest BCUT2D eigenvalue weighted by molar-refractivity contribution is -0.120. The van der Waals surface area contributed by atoms with Gasteiger partial charge in [-0.3, -0.25) is 14.6 Å². The van der Waals surface area contributed by atoms with Crippen molar-refractivity contribution < 1.29 is 14.3 Å². The molecule has 0 bridgehead atoms. The number of hydrogen-bond donors (Lipinski definition) is 4. The van der Waals surface area contributed by atoms with Gasteiger partial charge in [0.05, 0.1) is 28.5 Å². The molecule has 0 spiro atoms. The normalized spacial score (nSPS) is 20.2. The number of amides is 2. The zero-order chi connectivity index (χ0) is 33.9. The van der Waals surface area contributed by atoms with E-state index in [-0.39, 0.29) is 29.9 Å². The summed E-state index contributed by atoms with van der Waals surface area (Å²) in [6, 6.07) is 20.6. The fraction of sp³-hybridized carbons (Fsp3) is 0.368. The largest absolute Gasteiger partial charge is 0.481 e. The van der Waals surface area contributed by atoms with E-state index in [0.717, 1.165) is 77.9 Å². The third-order valence-electron chi connectivity index (χ3n) is 9.75. The van der Waals surface area contributed by atoms with E-state index in [1.54, 1.807) is 7.11 Å². The zero-order valence-corrected chi connectivity index (χ0v) is 29.0. The van der Waals surface area contributed by atoms with Crippen LogP contribution in [0.15, 0.2) is 60.7 Å². The Hall–Kier alpha value is -4.02. The second-order valence-electron chi connectivity index (χ2n) is 13.0. The standard InChI is InChI=1S/C38H40Cl2N6O3/c1-49-38-22(19-41-20-23-12-17-34(47)43-23)11-15-33(46-38)29-8-3-6-26(37(29)40)25-5-2-7-28(36(25)39)32-16-14-27-30(9-4-10-31(27)45-32)42-21-24-13-18-35(48)44-24/h2-3,5-8,11,14-16,23-24,30,41-42H,4,9-10,12-13,17-21H2,1H3,(H,43,47)(H,44,48)/t23-,24+,30-/m1/s1. The van der Waals surface area contributed by atoms with Crippen molar-refractivity contribution in [1.29, 1.82) is 0 Å². The van der Waals surface area contributed by atoms with Gasteiger partial charge in [0.25, 0.3) is 0 Å². The summed E-state index contributed by atoms with van der Waals surface area (Å²) in [6.07, 6.45) is 5.91. The van der Waals surface area contributed by atoms with Crippen molar-refractivity contribution in [2.24, 2.45) is 0 Å². The molecule has 49 heavy (non-hydrogen) atoms. The van der Waals surface area contributed by atoms with E-state index in [2.05, 4.69) is 33.4 Å². The Bertz CT molecular complexity index is 1880. The minimum absolute atomic E-state index is 0.105. The van der Waals surface area contributed by atoms with E-state index < -0.39 is 0 Å². The van der Waals surface area contributed by atoms with Crippen LogP contribution in [0, 0.1) is 0 Å². The molecule has 0 radical (unpaired) electrons. The van der Waals surface area contributed by atoms with Crippen molar-refractivity contribution in [2.45, 2.75) is 69.6 Å². The van der Waals surface area contributed by atoms with E-state index in [1.807, 2.05) is 48.5 Å². The summed E-state index contributed by atoms with van der Waals surface area (Å²) in [5.41, 5.74) is 7.98. The van der Waals surface area contributed by atoms with Crippen molar-refractivity contribution >= 4 is 35.0 Å². The number of nitrogens with one attached hydrogen (secondary N) is 4. The van der Waals surface area contributed by atoms with Crippen LogP contribution in [0.25, 0.3) is 33.6 Å². The molecule has 2 aliphatic heterocycles. The average molecular weight is 700 g/mol. The molecular weight excluding hydrogens is 659 g/mol. The lowest BCUT2D eigenvalue weighted by Crippen LogP contribution is -2.38. The van der Waals surface area contributed by atoms with Crippen molar-refractivity contribution in [3.8, 4) is 39.5 Å². The highest BCUT2D eigenvalue weighted by molar-refractivity contribution is 6.39. The smallest absolute Gasteiger partial charge is 0.220 e. The Morgan fingerprint density at radius 2 is 1.37 bits per heavy atom. The lowest BCUT2D eigenvalue weighted by Gasteiger charge is -2.27. The maximum absolute atomic E-state index is 11.6. The molecule has 7 rings (SSSR count). The molecule has 0 saturated carbocycles. The topological polar surface area (TPSA) is 117 Å².